The van der Waals surface area contributed by atoms with Crippen LogP contribution in [0.3, 0.4) is 0 Å². The lowest BCUT2D eigenvalue weighted by Gasteiger charge is -2.33. The lowest BCUT2D eigenvalue weighted by molar-refractivity contribution is 0.0427. The van der Waals surface area contributed by atoms with Crippen LogP contribution in [-0.2, 0) is 14.6 Å². The maximum Gasteiger partial charge on any atom is 0.320 e. The maximum atomic E-state index is 13.2. The molecule has 0 bridgehead atoms. The van der Waals surface area contributed by atoms with Gasteiger partial charge in [-0.1, -0.05) is 13.8 Å². The van der Waals surface area contributed by atoms with E-state index >= 15 is 0 Å². The summed E-state index contributed by atoms with van der Waals surface area (Å²) in [5.74, 6) is 1.45. The van der Waals surface area contributed by atoms with Crippen LogP contribution >= 0.6 is 0 Å². The third-order valence-corrected chi connectivity index (χ3v) is 8.49. The molecule has 0 unspecified atom stereocenters. The Kier molecular flexibility index (Phi) is 7.69. The van der Waals surface area contributed by atoms with Gasteiger partial charge in [0.05, 0.1) is 24.7 Å². The smallest absolute Gasteiger partial charge is 0.320 e. The molecular weight excluding hydrogens is 440 g/mol. The molecule has 33 heavy (non-hydrogen) atoms. The van der Waals surface area contributed by atoms with Gasteiger partial charge in [0.15, 0.2) is 9.84 Å². The van der Waals surface area contributed by atoms with Crippen LogP contribution in [0.1, 0.15) is 20.3 Å². The molecule has 3 saturated heterocycles. The molecule has 0 radical (unpaired) electrons. The number of sulfone groups is 1. The van der Waals surface area contributed by atoms with Gasteiger partial charge < -0.3 is 24.3 Å². The fraction of sp³-hybridized carbons (Fsp3) is 0.708. The average Bonchev–Trinajstić information content (AvgIpc) is 3.01. The molecule has 0 aliphatic carbocycles. The third kappa shape index (κ3) is 6.32. The number of amides is 2. The van der Waals surface area contributed by atoms with Gasteiger partial charge in [0, 0.05) is 63.7 Å². The van der Waals surface area contributed by atoms with E-state index in [9.17, 15) is 13.2 Å². The predicted molar refractivity (Wildman–Crippen MR) is 132 cm³/mol. The first-order valence-corrected chi connectivity index (χ1v) is 14.0. The Hall–Kier alpha value is -2.00. The summed E-state index contributed by atoms with van der Waals surface area (Å²) in [6.07, 6.45) is 1.09. The van der Waals surface area contributed by atoms with Gasteiger partial charge >= 0.3 is 6.03 Å². The molecule has 1 aromatic rings. The zero-order chi connectivity index (χ0) is 23.4. The summed E-state index contributed by atoms with van der Waals surface area (Å²) in [5.41, 5.74) is 2.24. The largest absolute Gasteiger partial charge is 0.378 e. The van der Waals surface area contributed by atoms with Crippen molar-refractivity contribution in [3.8, 4) is 0 Å². The van der Waals surface area contributed by atoms with E-state index in [2.05, 4.69) is 47.9 Å². The molecule has 3 heterocycles. The first-order chi connectivity index (χ1) is 15.8. The van der Waals surface area contributed by atoms with E-state index in [0.29, 0.717) is 51.2 Å². The number of anilines is 2. The number of nitrogens with zero attached hydrogens (tertiary/aromatic N) is 4. The van der Waals surface area contributed by atoms with Gasteiger partial charge in [-0.15, -0.1) is 0 Å². The second-order valence-electron chi connectivity index (χ2n) is 9.92. The highest BCUT2D eigenvalue weighted by atomic mass is 32.2. The van der Waals surface area contributed by atoms with Crippen molar-refractivity contribution in [2.75, 3.05) is 86.9 Å². The minimum absolute atomic E-state index is 0.143. The standard InChI is InChI=1S/C24H38N4O4S/c1-20(2)17-21-18-27(7-8-28(19-21)24(29)26-9-13-32-14-10-26)23-5-3-22(4-6-23)25-11-15-33(30,31)16-12-25/h3-6,20-21H,7-19H2,1-2H3/t21-/m0/s1. The predicted octanol–water partition coefficient (Wildman–Crippen LogP) is 2.16. The van der Waals surface area contributed by atoms with E-state index in [0.717, 1.165) is 44.0 Å². The Labute approximate surface area is 198 Å². The number of carbonyl (C=O) groups excluding carboxylic acids is 1. The number of benzene rings is 1. The van der Waals surface area contributed by atoms with Crippen molar-refractivity contribution in [2.45, 2.75) is 20.3 Å². The van der Waals surface area contributed by atoms with Crippen molar-refractivity contribution in [2.24, 2.45) is 11.8 Å². The molecule has 0 spiro atoms. The molecule has 0 N–H and O–H groups in total. The van der Waals surface area contributed by atoms with Crippen LogP contribution in [0.2, 0.25) is 0 Å². The van der Waals surface area contributed by atoms with Crippen molar-refractivity contribution in [3.63, 3.8) is 0 Å². The second-order valence-corrected chi connectivity index (χ2v) is 12.2. The quantitative estimate of drug-likeness (QED) is 0.660. The fourth-order valence-corrected chi connectivity index (χ4v) is 6.33. The molecule has 1 aromatic carbocycles. The summed E-state index contributed by atoms with van der Waals surface area (Å²) in [7, 11) is -2.88. The molecule has 3 aliphatic rings. The molecule has 8 nitrogen and oxygen atoms in total. The van der Waals surface area contributed by atoms with E-state index in [-0.39, 0.29) is 17.5 Å². The summed E-state index contributed by atoms with van der Waals surface area (Å²) >= 11 is 0. The first-order valence-electron chi connectivity index (χ1n) is 12.2. The normalized spacial score (nSPS) is 24.2. The van der Waals surface area contributed by atoms with Gasteiger partial charge in [-0.3, -0.25) is 0 Å². The van der Waals surface area contributed by atoms with Crippen LogP contribution in [0.15, 0.2) is 24.3 Å². The number of ether oxygens (including phenoxy) is 1. The Morgan fingerprint density at radius 3 is 2.09 bits per heavy atom. The van der Waals surface area contributed by atoms with E-state index in [1.807, 2.05) is 9.80 Å². The number of carbonyl (C=O) groups is 1. The molecule has 3 fully saturated rings. The van der Waals surface area contributed by atoms with Gasteiger partial charge in [-0.05, 0) is 42.5 Å². The van der Waals surface area contributed by atoms with Gasteiger partial charge in [-0.2, -0.15) is 0 Å². The fourth-order valence-electron chi connectivity index (χ4n) is 5.13. The van der Waals surface area contributed by atoms with E-state index in [1.54, 1.807) is 0 Å². The molecule has 4 rings (SSSR count). The summed E-state index contributed by atoms with van der Waals surface area (Å²) in [5, 5.41) is 0. The zero-order valence-electron chi connectivity index (χ0n) is 20.0. The van der Waals surface area contributed by atoms with Crippen LogP contribution in [0, 0.1) is 11.8 Å². The number of urea groups is 1. The van der Waals surface area contributed by atoms with Crippen molar-refractivity contribution >= 4 is 27.2 Å². The minimum Gasteiger partial charge on any atom is -0.378 e. The SMILES string of the molecule is CC(C)C[C@@H]1CN(C(=O)N2CCOCC2)CCN(c2ccc(N3CCS(=O)(=O)CC3)cc2)C1. The number of hydrogen-bond donors (Lipinski definition) is 0. The Balaban J connectivity index is 1.44. The maximum absolute atomic E-state index is 13.2. The monoisotopic (exact) mass is 478 g/mol. The summed E-state index contributed by atoms with van der Waals surface area (Å²) in [6, 6.07) is 8.64. The van der Waals surface area contributed by atoms with E-state index in [1.165, 1.54) is 0 Å². The number of morpholine rings is 1. The lowest BCUT2D eigenvalue weighted by Crippen LogP contribution is -2.49. The molecular formula is C24H38N4O4S. The van der Waals surface area contributed by atoms with Crippen LogP contribution in [-0.4, -0.2) is 101 Å². The molecule has 0 aromatic heterocycles. The Morgan fingerprint density at radius 2 is 1.48 bits per heavy atom. The summed E-state index contributed by atoms with van der Waals surface area (Å²) in [4.78, 5) is 21.7. The van der Waals surface area contributed by atoms with Gasteiger partial charge in [0.2, 0.25) is 0 Å². The molecule has 1 atom stereocenters. The lowest BCUT2D eigenvalue weighted by atomic mass is 9.96. The molecule has 3 aliphatic heterocycles. The Morgan fingerprint density at radius 1 is 0.879 bits per heavy atom. The number of rotatable bonds is 4. The van der Waals surface area contributed by atoms with E-state index in [4.69, 9.17) is 4.74 Å². The number of hydrogen-bond acceptors (Lipinski definition) is 6. The first kappa shape index (κ1) is 24.1. The molecule has 0 saturated carbocycles. The van der Waals surface area contributed by atoms with Crippen molar-refractivity contribution < 1.29 is 17.9 Å². The van der Waals surface area contributed by atoms with Crippen molar-refractivity contribution in [1.29, 1.82) is 0 Å². The van der Waals surface area contributed by atoms with Gasteiger partial charge in [0.1, 0.15) is 0 Å². The van der Waals surface area contributed by atoms with Crippen LogP contribution in [0.25, 0.3) is 0 Å². The Bertz CT molecular complexity index is 886. The summed E-state index contributed by atoms with van der Waals surface area (Å²) < 4.78 is 28.9. The average molecular weight is 479 g/mol. The molecule has 9 heteroatoms. The van der Waals surface area contributed by atoms with Crippen molar-refractivity contribution in [1.82, 2.24) is 9.80 Å². The van der Waals surface area contributed by atoms with E-state index < -0.39 is 9.84 Å². The van der Waals surface area contributed by atoms with Gasteiger partial charge in [-0.25, -0.2) is 13.2 Å². The second kappa shape index (κ2) is 10.5. The zero-order valence-corrected chi connectivity index (χ0v) is 20.8. The molecule has 2 amide bonds. The highest BCUT2D eigenvalue weighted by molar-refractivity contribution is 7.91. The molecule has 184 valence electrons. The van der Waals surface area contributed by atoms with Crippen molar-refractivity contribution in [3.05, 3.63) is 24.3 Å². The highest BCUT2D eigenvalue weighted by Gasteiger charge is 2.30. The van der Waals surface area contributed by atoms with Crippen LogP contribution in [0.5, 0.6) is 0 Å². The minimum atomic E-state index is -2.88. The third-order valence-electron chi connectivity index (χ3n) is 6.88. The topological polar surface area (TPSA) is 73.4 Å². The van der Waals surface area contributed by atoms with Crippen LogP contribution in [0.4, 0.5) is 16.2 Å². The van der Waals surface area contributed by atoms with Gasteiger partial charge in [0.25, 0.3) is 0 Å². The highest BCUT2D eigenvalue weighted by Crippen LogP contribution is 2.26. The summed E-state index contributed by atoms with van der Waals surface area (Å²) in [6.45, 7) is 11.5. The van der Waals surface area contributed by atoms with Crippen LogP contribution < -0.4 is 9.80 Å².